The first-order valence-corrected chi connectivity index (χ1v) is 6.07. The number of fused-ring (bicyclic) bond motifs is 1. The summed E-state index contributed by atoms with van der Waals surface area (Å²) in [5.74, 6) is -0.482. The van der Waals surface area contributed by atoms with Crippen LogP contribution in [0.3, 0.4) is 0 Å². The molecule has 0 spiro atoms. The van der Waals surface area contributed by atoms with Crippen molar-refractivity contribution >= 4 is 23.2 Å². The van der Waals surface area contributed by atoms with Crippen LogP contribution in [-0.4, -0.2) is 17.1 Å². The molecule has 3 rings (SSSR count). The van der Waals surface area contributed by atoms with Crippen LogP contribution in [0.2, 0.25) is 0 Å². The van der Waals surface area contributed by atoms with E-state index in [1.807, 2.05) is 42.5 Å². The third kappa shape index (κ3) is 2.56. The number of hydrogen-bond donors (Lipinski definition) is 1. The van der Waals surface area contributed by atoms with Gasteiger partial charge in [-0.15, -0.1) is 0 Å². The largest absolute Gasteiger partial charge is 0.432 e. The van der Waals surface area contributed by atoms with Crippen LogP contribution in [0.4, 0.5) is 0 Å². The molecule has 0 atom stereocenters. The van der Waals surface area contributed by atoms with E-state index in [2.05, 4.69) is 15.5 Å². The summed E-state index contributed by atoms with van der Waals surface area (Å²) >= 11 is 0. The number of nitrogens with one attached hydrogen (secondary N) is 1. The molecule has 1 amide bonds. The quantitative estimate of drug-likeness (QED) is 0.584. The summed E-state index contributed by atoms with van der Waals surface area (Å²) < 4.78 is 5.34. The number of para-hydroxylation sites is 2. The van der Waals surface area contributed by atoms with E-state index in [-0.39, 0.29) is 5.89 Å². The molecule has 1 heterocycles. The Morgan fingerprint density at radius 2 is 1.85 bits per heavy atom. The van der Waals surface area contributed by atoms with E-state index in [9.17, 15) is 4.79 Å². The normalized spacial score (nSPS) is 11.0. The van der Waals surface area contributed by atoms with Crippen LogP contribution in [0.25, 0.3) is 11.1 Å². The van der Waals surface area contributed by atoms with Crippen LogP contribution in [-0.2, 0) is 0 Å². The van der Waals surface area contributed by atoms with Crippen LogP contribution in [0.1, 0.15) is 16.2 Å². The molecule has 0 saturated carbocycles. The Labute approximate surface area is 114 Å². The van der Waals surface area contributed by atoms with Crippen LogP contribution in [0, 0.1) is 0 Å². The molecule has 0 fully saturated rings. The number of hydrogen-bond acceptors (Lipinski definition) is 4. The van der Waals surface area contributed by atoms with E-state index in [4.69, 9.17) is 4.42 Å². The van der Waals surface area contributed by atoms with E-state index in [0.29, 0.717) is 11.1 Å². The number of amides is 1. The molecule has 2 aromatic carbocycles. The first-order valence-electron chi connectivity index (χ1n) is 6.07. The van der Waals surface area contributed by atoms with Gasteiger partial charge < -0.3 is 4.42 Å². The maximum Gasteiger partial charge on any atom is 0.327 e. The van der Waals surface area contributed by atoms with Gasteiger partial charge in [-0.1, -0.05) is 42.5 Å². The zero-order valence-electron chi connectivity index (χ0n) is 10.5. The van der Waals surface area contributed by atoms with Gasteiger partial charge >= 0.3 is 5.91 Å². The summed E-state index contributed by atoms with van der Waals surface area (Å²) in [5, 5.41) is 3.86. The maximum atomic E-state index is 11.8. The van der Waals surface area contributed by atoms with E-state index in [1.54, 1.807) is 18.3 Å². The summed E-state index contributed by atoms with van der Waals surface area (Å²) in [6.45, 7) is 0. The fraction of sp³-hybridized carbons (Fsp3) is 0. The van der Waals surface area contributed by atoms with Crippen molar-refractivity contribution in [2.24, 2.45) is 5.10 Å². The van der Waals surface area contributed by atoms with Gasteiger partial charge in [-0.2, -0.15) is 5.10 Å². The Morgan fingerprint density at radius 1 is 1.10 bits per heavy atom. The van der Waals surface area contributed by atoms with E-state index >= 15 is 0 Å². The molecule has 1 aromatic heterocycles. The number of nitrogens with zero attached hydrogens (tertiary/aromatic N) is 2. The topological polar surface area (TPSA) is 67.5 Å². The predicted octanol–water partition coefficient (Wildman–Crippen LogP) is 2.59. The average molecular weight is 265 g/mol. The van der Waals surface area contributed by atoms with Gasteiger partial charge in [-0.05, 0) is 17.7 Å². The summed E-state index contributed by atoms with van der Waals surface area (Å²) in [7, 11) is 0. The van der Waals surface area contributed by atoms with Gasteiger partial charge in [0.2, 0.25) is 0 Å². The molecule has 5 heteroatoms. The van der Waals surface area contributed by atoms with E-state index in [0.717, 1.165) is 5.56 Å². The monoisotopic (exact) mass is 265 g/mol. The summed E-state index contributed by atoms with van der Waals surface area (Å²) in [4.78, 5) is 15.9. The van der Waals surface area contributed by atoms with Gasteiger partial charge in [0.15, 0.2) is 5.58 Å². The number of hydrazone groups is 1. The zero-order chi connectivity index (χ0) is 13.8. The van der Waals surface area contributed by atoms with E-state index < -0.39 is 5.91 Å². The fourth-order valence-electron chi connectivity index (χ4n) is 1.72. The van der Waals surface area contributed by atoms with Gasteiger partial charge in [0.25, 0.3) is 5.89 Å². The van der Waals surface area contributed by atoms with Crippen molar-refractivity contribution in [3.63, 3.8) is 0 Å². The number of benzene rings is 2. The first-order chi connectivity index (χ1) is 9.83. The molecular weight excluding hydrogens is 254 g/mol. The molecule has 0 radical (unpaired) electrons. The SMILES string of the molecule is O=C(N/N=C/c1ccccc1)c1nc2ccccc2o1. The van der Waals surface area contributed by atoms with Crippen molar-refractivity contribution in [2.45, 2.75) is 0 Å². The lowest BCUT2D eigenvalue weighted by molar-refractivity contribution is 0.0923. The van der Waals surface area contributed by atoms with Gasteiger partial charge in [0.1, 0.15) is 5.52 Å². The third-order valence-corrected chi connectivity index (χ3v) is 2.67. The Hall–Kier alpha value is -2.95. The van der Waals surface area contributed by atoms with Crippen molar-refractivity contribution in [1.29, 1.82) is 0 Å². The molecule has 5 nitrogen and oxygen atoms in total. The molecule has 0 bridgehead atoms. The minimum Gasteiger partial charge on any atom is -0.432 e. The molecule has 0 unspecified atom stereocenters. The van der Waals surface area contributed by atoms with Gasteiger partial charge in [0.05, 0.1) is 6.21 Å². The predicted molar refractivity (Wildman–Crippen MR) is 75.5 cm³/mol. The van der Waals surface area contributed by atoms with Crippen molar-refractivity contribution in [3.05, 3.63) is 66.1 Å². The van der Waals surface area contributed by atoms with Crippen LogP contribution < -0.4 is 5.43 Å². The number of carbonyl (C=O) groups excluding carboxylic acids is 1. The third-order valence-electron chi connectivity index (χ3n) is 2.67. The zero-order valence-corrected chi connectivity index (χ0v) is 10.5. The Bertz CT molecular complexity index is 730. The second-order valence-electron chi connectivity index (χ2n) is 4.10. The standard InChI is InChI=1S/C15H11N3O2/c19-14(18-16-10-11-6-2-1-3-7-11)15-17-12-8-4-5-9-13(12)20-15/h1-10H,(H,18,19)/b16-10+. The lowest BCUT2D eigenvalue weighted by Gasteiger charge is -1.94. The number of carbonyl (C=O) groups is 1. The molecular formula is C15H11N3O2. The molecule has 0 aliphatic rings. The van der Waals surface area contributed by atoms with Crippen molar-refractivity contribution < 1.29 is 9.21 Å². The average Bonchev–Trinajstić information content (AvgIpc) is 2.92. The van der Waals surface area contributed by atoms with Crippen LogP contribution in [0.5, 0.6) is 0 Å². The minimum atomic E-state index is -0.478. The Morgan fingerprint density at radius 3 is 2.65 bits per heavy atom. The lowest BCUT2D eigenvalue weighted by atomic mass is 10.2. The van der Waals surface area contributed by atoms with Crippen LogP contribution >= 0.6 is 0 Å². The van der Waals surface area contributed by atoms with Crippen molar-refractivity contribution in [2.75, 3.05) is 0 Å². The number of aromatic nitrogens is 1. The fourth-order valence-corrected chi connectivity index (χ4v) is 1.72. The number of oxazole rings is 1. The molecule has 0 saturated heterocycles. The molecule has 0 aliphatic carbocycles. The molecule has 0 aliphatic heterocycles. The highest BCUT2D eigenvalue weighted by molar-refractivity contribution is 5.93. The maximum absolute atomic E-state index is 11.8. The van der Waals surface area contributed by atoms with E-state index in [1.165, 1.54) is 0 Å². The molecule has 98 valence electrons. The van der Waals surface area contributed by atoms with Gasteiger partial charge in [-0.3, -0.25) is 4.79 Å². The summed E-state index contributed by atoms with van der Waals surface area (Å²) in [5.41, 5.74) is 4.49. The molecule has 20 heavy (non-hydrogen) atoms. The highest BCUT2D eigenvalue weighted by Crippen LogP contribution is 2.14. The smallest absolute Gasteiger partial charge is 0.327 e. The minimum absolute atomic E-state index is 0.00332. The van der Waals surface area contributed by atoms with Gasteiger partial charge in [-0.25, -0.2) is 10.4 Å². The number of rotatable bonds is 3. The highest BCUT2D eigenvalue weighted by atomic mass is 16.4. The summed E-state index contributed by atoms with van der Waals surface area (Å²) in [6.07, 6.45) is 1.56. The van der Waals surface area contributed by atoms with Gasteiger partial charge in [0, 0.05) is 0 Å². The summed E-state index contributed by atoms with van der Waals surface area (Å²) in [6, 6.07) is 16.7. The molecule has 3 aromatic rings. The van der Waals surface area contributed by atoms with Crippen LogP contribution in [0.15, 0.2) is 64.1 Å². The highest BCUT2D eigenvalue weighted by Gasteiger charge is 2.12. The second kappa shape index (κ2) is 5.36. The Kier molecular flexibility index (Phi) is 3.24. The molecule has 1 N–H and O–H groups in total. The lowest BCUT2D eigenvalue weighted by Crippen LogP contribution is -2.17. The van der Waals surface area contributed by atoms with Crippen molar-refractivity contribution in [1.82, 2.24) is 10.4 Å². The first kappa shape index (κ1) is 12.1. The second-order valence-corrected chi connectivity index (χ2v) is 4.10. The van der Waals surface area contributed by atoms with Crippen molar-refractivity contribution in [3.8, 4) is 0 Å². The Balaban J connectivity index is 1.71.